The summed E-state index contributed by atoms with van der Waals surface area (Å²) in [5.74, 6) is -0.498. The first-order chi connectivity index (χ1) is 10.1. The molecule has 0 radical (unpaired) electrons. The third-order valence-electron chi connectivity index (χ3n) is 3.31. The fraction of sp³-hybridized carbons (Fsp3) is 0.400. The van der Waals surface area contributed by atoms with E-state index >= 15 is 0 Å². The predicted octanol–water partition coefficient (Wildman–Crippen LogP) is 1.01. The Morgan fingerprint density at radius 2 is 1.95 bits per heavy atom. The van der Waals surface area contributed by atoms with Crippen LogP contribution in [0.15, 0.2) is 23.2 Å². The van der Waals surface area contributed by atoms with E-state index < -0.39 is 11.5 Å². The van der Waals surface area contributed by atoms with E-state index in [1.165, 1.54) is 0 Å². The summed E-state index contributed by atoms with van der Waals surface area (Å²) in [6.07, 6.45) is 0. The summed E-state index contributed by atoms with van der Waals surface area (Å²) < 4.78 is 5.74. The number of benzene rings is 1. The van der Waals surface area contributed by atoms with Crippen molar-refractivity contribution in [3.05, 3.63) is 23.8 Å². The summed E-state index contributed by atoms with van der Waals surface area (Å²) in [5.41, 5.74) is 10.3. The SMILES string of the molecule is CC(C)N1C(=O)C(C)(C)Oc2ccc(C(=O)N=C(N)N)cc21. The van der Waals surface area contributed by atoms with E-state index in [1.807, 2.05) is 13.8 Å². The van der Waals surface area contributed by atoms with Crippen molar-refractivity contribution in [1.29, 1.82) is 0 Å². The Hall–Kier alpha value is -2.57. The summed E-state index contributed by atoms with van der Waals surface area (Å²) in [5, 5.41) is 0. The predicted molar refractivity (Wildman–Crippen MR) is 83.9 cm³/mol. The van der Waals surface area contributed by atoms with Crippen LogP contribution in [0.5, 0.6) is 5.75 Å². The molecule has 0 saturated heterocycles. The molecule has 0 atom stereocenters. The molecule has 1 heterocycles. The van der Waals surface area contributed by atoms with Crippen LogP contribution in [0, 0.1) is 0 Å². The van der Waals surface area contributed by atoms with Gasteiger partial charge in [-0.2, -0.15) is 4.99 Å². The molecule has 0 unspecified atom stereocenters. The third-order valence-corrected chi connectivity index (χ3v) is 3.31. The first-order valence-electron chi connectivity index (χ1n) is 6.94. The maximum atomic E-state index is 12.6. The zero-order chi connectivity index (χ0) is 16.7. The molecular weight excluding hydrogens is 284 g/mol. The second-order valence-electron chi connectivity index (χ2n) is 5.91. The highest BCUT2D eigenvalue weighted by Crippen LogP contribution is 2.39. The minimum absolute atomic E-state index is 0.0807. The third kappa shape index (κ3) is 2.74. The Labute approximate surface area is 128 Å². The average Bonchev–Trinajstić information content (AvgIpc) is 2.38. The van der Waals surface area contributed by atoms with Gasteiger partial charge in [0.25, 0.3) is 11.8 Å². The highest BCUT2D eigenvalue weighted by molar-refractivity contribution is 6.06. The molecule has 0 spiro atoms. The maximum absolute atomic E-state index is 12.6. The average molecular weight is 304 g/mol. The van der Waals surface area contributed by atoms with Gasteiger partial charge in [0.05, 0.1) is 5.69 Å². The van der Waals surface area contributed by atoms with Crippen LogP contribution in [0.2, 0.25) is 0 Å². The van der Waals surface area contributed by atoms with E-state index in [0.29, 0.717) is 11.4 Å². The number of rotatable bonds is 2. The minimum atomic E-state index is -0.956. The summed E-state index contributed by atoms with van der Waals surface area (Å²) >= 11 is 0. The smallest absolute Gasteiger partial charge is 0.280 e. The molecule has 7 heteroatoms. The summed E-state index contributed by atoms with van der Waals surface area (Å²) in [6, 6.07) is 4.70. The van der Waals surface area contributed by atoms with Crippen molar-refractivity contribution in [2.24, 2.45) is 16.5 Å². The Morgan fingerprint density at radius 1 is 1.32 bits per heavy atom. The van der Waals surface area contributed by atoms with E-state index in [2.05, 4.69) is 4.99 Å². The van der Waals surface area contributed by atoms with E-state index in [9.17, 15) is 9.59 Å². The number of hydrogen-bond donors (Lipinski definition) is 2. The lowest BCUT2D eigenvalue weighted by molar-refractivity contribution is -0.133. The van der Waals surface area contributed by atoms with Crippen molar-refractivity contribution in [1.82, 2.24) is 0 Å². The van der Waals surface area contributed by atoms with E-state index in [-0.39, 0.29) is 23.5 Å². The number of nitrogens with zero attached hydrogens (tertiary/aromatic N) is 2. The van der Waals surface area contributed by atoms with Gasteiger partial charge in [-0.25, -0.2) is 0 Å². The molecule has 1 aliphatic rings. The van der Waals surface area contributed by atoms with Crippen LogP contribution >= 0.6 is 0 Å². The molecule has 2 amide bonds. The molecule has 0 bridgehead atoms. The van der Waals surface area contributed by atoms with Crippen LogP contribution in [-0.2, 0) is 4.79 Å². The number of nitrogens with two attached hydrogens (primary N) is 2. The van der Waals surface area contributed by atoms with Gasteiger partial charge in [-0.05, 0) is 45.9 Å². The first-order valence-corrected chi connectivity index (χ1v) is 6.94. The first kappa shape index (κ1) is 15.8. The lowest BCUT2D eigenvalue weighted by Crippen LogP contribution is -2.54. The second-order valence-corrected chi connectivity index (χ2v) is 5.91. The second kappa shape index (κ2) is 5.32. The normalized spacial score (nSPS) is 16.0. The van der Waals surface area contributed by atoms with Gasteiger partial charge >= 0.3 is 0 Å². The van der Waals surface area contributed by atoms with Crippen molar-refractivity contribution in [3.8, 4) is 5.75 Å². The number of carbonyl (C=O) groups excluding carboxylic acids is 2. The van der Waals surface area contributed by atoms with Gasteiger partial charge in [-0.1, -0.05) is 0 Å². The molecule has 0 saturated carbocycles. The molecule has 22 heavy (non-hydrogen) atoms. The zero-order valence-corrected chi connectivity index (χ0v) is 13.1. The monoisotopic (exact) mass is 304 g/mol. The Bertz CT molecular complexity index is 661. The topological polar surface area (TPSA) is 111 Å². The molecule has 7 nitrogen and oxygen atoms in total. The van der Waals surface area contributed by atoms with Crippen LogP contribution in [0.3, 0.4) is 0 Å². The number of ether oxygens (including phenoxy) is 1. The van der Waals surface area contributed by atoms with Crippen LogP contribution in [0.4, 0.5) is 5.69 Å². The van der Waals surface area contributed by atoms with Crippen molar-refractivity contribution < 1.29 is 14.3 Å². The number of amides is 2. The fourth-order valence-electron chi connectivity index (χ4n) is 2.34. The molecular formula is C15H20N4O3. The van der Waals surface area contributed by atoms with Crippen molar-refractivity contribution >= 4 is 23.5 Å². The Balaban J connectivity index is 2.54. The van der Waals surface area contributed by atoms with Crippen LogP contribution in [0.25, 0.3) is 0 Å². The van der Waals surface area contributed by atoms with Gasteiger partial charge in [0.2, 0.25) is 0 Å². The Kier molecular flexibility index (Phi) is 3.83. The van der Waals surface area contributed by atoms with Gasteiger partial charge in [0, 0.05) is 11.6 Å². The highest BCUT2D eigenvalue weighted by Gasteiger charge is 2.42. The van der Waals surface area contributed by atoms with Gasteiger partial charge in [0.15, 0.2) is 11.6 Å². The largest absolute Gasteiger partial charge is 0.476 e. The molecule has 0 aromatic heterocycles. The molecule has 1 aromatic carbocycles. The number of aliphatic imine (C=N–C) groups is 1. The van der Waals surface area contributed by atoms with Gasteiger partial charge in [-0.15, -0.1) is 0 Å². The van der Waals surface area contributed by atoms with Crippen molar-refractivity contribution in [2.75, 3.05) is 4.90 Å². The molecule has 0 fully saturated rings. The highest BCUT2D eigenvalue weighted by atomic mass is 16.5. The maximum Gasteiger partial charge on any atom is 0.280 e. The lowest BCUT2D eigenvalue weighted by atomic mass is 10.0. The van der Waals surface area contributed by atoms with E-state index in [1.54, 1.807) is 36.9 Å². The van der Waals surface area contributed by atoms with Gasteiger partial charge < -0.3 is 21.1 Å². The number of fused-ring (bicyclic) bond motifs is 1. The molecule has 1 aromatic rings. The number of hydrogen-bond acceptors (Lipinski definition) is 3. The number of carbonyl (C=O) groups is 2. The molecule has 0 aliphatic carbocycles. The summed E-state index contributed by atoms with van der Waals surface area (Å²) in [7, 11) is 0. The van der Waals surface area contributed by atoms with Gasteiger partial charge in [-0.3, -0.25) is 9.59 Å². The van der Waals surface area contributed by atoms with Crippen LogP contribution in [0.1, 0.15) is 38.1 Å². The molecule has 4 N–H and O–H groups in total. The van der Waals surface area contributed by atoms with Gasteiger partial charge in [0.1, 0.15) is 5.75 Å². The standard InChI is InChI=1S/C15H20N4O3/c1-8(2)19-10-7-9(12(20)18-14(16)17)5-6-11(10)22-15(3,4)13(19)21/h5-8H,1-4H3,(H4,16,17,18,20). The van der Waals surface area contributed by atoms with Crippen LogP contribution < -0.4 is 21.1 Å². The minimum Gasteiger partial charge on any atom is -0.476 e. The van der Waals surface area contributed by atoms with E-state index in [4.69, 9.17) is 16.2 Å². The molecule has 2 rings (SSSR count). The molecule has 118 valence electrons. The van der Waals surface area contributed by atoms with Crippen LogP contribution in [-0.4, -0.2) is 29.4 Å². The van der Waals surface area contributed by atoms with Crippen molar-refractivity contribution in [3.63, 3.8) is 0 Å². The zero-order valence-electron chi connectivity index (χ0n) is 13.1. The lowest BCUT2D eigenvalue weighted by Gasteiger charge is -2.40. The van der Waals surface area contributed by atoms with Crippen molar-refractivity contribution in [2.45, 2.75) is 39.3 Å². The Morgan fingerprint density at radius 3 is 2.50 bits per heavy atom. The fourth-order valence-corrected chi connectivity index (χ4v) is 2.34. The molecule has 1 aliphatic heterocycles. The van der Waals surface area contributed by atoms with E-state index in [0.717, 1.165) is 0 Å². The quantitative estimate of drug-likeness (QED) is 0.625. The number of anilines is 1. The summed E-state index contributed by atoms with van der Waals surface area (Å²) in [4.78, 5) is 29.6. The number of guanidine groups is 1. The summed E-state index contributed by atoms with van der Waals surface area (Å²) in [6.45, 7) is 7.22.